The van der Waals surface area contributed by atoms with Crippen LogP contribution in [0.2, 0.25) is 0 Å². The topological polar surface area (TPSA) is 161 Å². The van der Waals surface area contributed by atoms with Crippen molar-refractivity contribution >= 4 is 23.8 Å². The van der Waals surface area contributed by atoms with Gasteiger partial charge in [0.1, 0.15) is 0 Å². The second-order valence-corrected chi connectivity index (χ2v) is 10.1. The zero-order chi connectivity index (χ0) is 36.2. The van der Waals surface area contributed by atoms with Crippen LogP contribution in [0.1, 0.15) is 36.2 Å². The summed E-state index contributed by atoms with van der Waals surface area (Å²) in [5.41, 5.74) is 3.00. The summed E-state index contributed by atoms with van der Waals surface area (Å²) in [7, 11) is 0. The standard InChI is InChI=1S/C21H26N4O.3C2HF3O2/c1-17-5-2-7-19(23-17)15-25-12-9-21(20(25)26)8-4-11-24(16-21)14-18-6-3-10-22-13-18;3*3-2(4,5)1(6)7/h2-3,5-7,10,13H,4,8-9,11-12,14-16H2,1H3;3*(H,6,7). The van der Waals surface area contributed by atoms with Crippen molar-refractivity contribution in [1.82, 2.24) is 19.8 Å². The molecule has 2 fully saturated rings. The van der Waals surface area contributed by atoms with Crippen molar-refractivity contribution in [2.24, 2.45) is 5.41 Å². The van der Waals surface area contributed by atoms with Crippen LogP contribution in [0, 0.1) is 12.3 Å². The Bertz CT molecular complexity index is 1300. The lowest BCUT2D eigenvalue weighted by molar-refractivity contribution is -0.193. The Morgan fingerprint density at radius 2 is 1.34 bits per heavy atom. The van der Waals surface area contributed by atoms with E-state index in [1.54, 1.807) is 6.20 Å². The molecule has 2 aromatic heterocycles. The van der Waals surface area contributed by atoms with Crippen molar-refractivity contribution in [2.45, 2.75) is 57.8 Å². The largest absolute Gasteiger partial charge is 0.490 e. The maximum atomic E-state index is 13.2. The molecule has 4 heterocycles. The van der Waals surface area contributed by atoms with Gasteiger partial charge in [0.15, 0.2) is 0 Å². The predicted molar refractivity (Wildman–Crippen MR) is 141 cm³/mol. The molecule has 0 saturated carbocycles. The number of amides is 1. The number of pyridine rings is 2. The second-order valence-electron chi connectivity index (χ2n) is 10.1. The molecule has 1 amide bonds. The van der Waals surface area contributed by atoms with Crippen LogP contribution in [0.4, 0.5) is 39.5 Å². The summed E-state index contributed by atoms with van der Waals surface area (Å²) in [6.07, 6.45) is -8.47. The minimum absolute atomic E-state index is 0.204. The van der Waals surface area contributed by atoms with E-state index in [1.807, 2.05) is 42.3 Å². The van der Waals surface area contributed by atoms with Gasteiger partial charge >= 0.3 is 36.4 Å². The highest BCUT2D eigenvalue weighted by molar-refractivity contribution is 5.85. The molecule has 20 heteroatoms. The van der Waals surface area contributed by atoms with Gasteiger partial charge in [-0.05, 0) is 56.5 Å². The molecule has 2 aliphatic rings. The van der Waals surface area contributed by atoms with Crippen LogP contribution in [0.5, 0.6) is 0 Å². The van der Waals surface area contributed by atoms with Crippen LogP contribution in [0.25, 0.3) is 0 Å². The number of carbonyl (C=O) groups is 4. The molecule has 0 radical (unpaired) electrons. The monoisotopic (exact) mass is 692 g/mol. The number of alkyl halides is 9. The van der Waals surface area contributed by atoms with Gasteiger partial charge in [0.05, 0.1) is 17.7 Å². The van der Waals surface area contributed by atoms with Gasteiger partial charge in [0.2, 0.25) is 5.91 Å². The second kappa shape index (κ2) is 16.9. The summed E-state index contributed by atoms with van der Waals surface area (Å²) < 4.78 is 95.2. The lowest BCUT2D eigenvalue weighted by Crippen LogP contribution is -2.47. The number of rotatable bonds is 4. The molecule has 0 bridgehead atoms. The zero-order valence-electron chi connectivity index (χ0n) is 24.4. The Labute approximate surface area is 260 Å². The van der Waals surface area contributed by atoms with E-state index in [-0.39, 0.29) is 5.41 Å². The van der Waals surface area contributed by atoms with Gasteiger partial charge in [-0.1, -0.05) is 12.1 Å². The third-order valence-electron chi connectivity index (χ3n) is 6.41. The third-order valence-corrected chi connectivity index (χ3v) is 6.41. The summed E-state index contributed by atoms with van der Waals surface area (Å²) in [5, 5.41) is 21.4. The normalized spacial score (nSPS) is 18.2. The molecule has 1 atom stereocenters. The summed E-state index contributed by atoms with van der Waals surface area (Å²) in [5.74, 6) is -7.95. The number of hydrogen-bond donors (Lipinski definition) is 3. The van der Waals surface area contributed by atoms with Crippen molar-refractivity contribution in [3.63, 3.8) is 0 Å². The number of halogens is 9. The first kappa shape index (κ1) is 40.5. The Kier molecular flexibility index (Phi) is 14.6. The van der Waals surface area contributed by atoms with E-state index in [0.29, 0.717) is 12.5 Å². The highest BCUT2D eigenvalue weighted by atomic mass is 19.4. The zero-order valence-corrected chi connectivity index (χ0v) is 24.4. The number of carbonyl (C=O) groups excluding carboxylic acids is 1. The first-order valence-corrected chi connectivity index (χ1v) is 13.2. The number of likely N-dealkylation sites (tertiary alicyclic amines) is 2. The Hall–Kier alpha value is -4.49. The third kappa shape index (κ3) is 14.2. The van der Waals surface area contributed by atoms with Crippen LogP contribution in [-0.4, -0.2) is 97.1 Å². The highest BCUT2D eigenvalue weighted by Gasteiger charge is 2.48. The first-order chi connectivity index (χ1) is 21.5. The maximum Gasteiger partial charge on any atom is 0.490 e. The Morgan fingerprint density at radius 3 is 1.79 bits per heavy atom. The van der Waals surface area contributed by atoms with Crippen LogP contribution >= 0.6 is 0 Å². The fourth-order valence-electron chi connectivity index (χ4n) is 4.42. The minimum Gasteiger partial charge on any atom is -0.475 e. The summed E-state index contributed by atoms with van der Waals surface area (Å²) in [4.78, 5) is 53.1. The fraction of sp³-hybridized carbons (Fsp3) is 0.481. The Balaban J connectivity index is 0.000000430. The summed E-state index contributed by atoms with van der Waals surface area (Å²) in [6, 6.07) is 10.1. The van der Waals surface area contributed by atoms with Gasteiger partial charge in [-0.2, -0.15) is 39.5 Å². The van der Waals surface area contributed by atoms with E-state index in [1.165, 1.54) is 5.56 Å². The molecule has 0 aromatic carbocycles. The van der Waals surface area contributed by atoms with Gasteiger partial charge in [-0.3, -0.25) is 19.7 Å². The molecule has 11 nitrogen and oxygen atoms in total. The van der Waals surface area contributed by atoms with Crippen molar-refractivity contribution in [3.8, 4) is 0 Å². The van der Waals surface area contributed by atoms with E-state index in [4.69, 9.17) is 29.7 Å². The number of nitrogens with zero attached hydrogens (tertiary/aromatic N) is 4. The van der Waals surface area contributed by atoms with E-state index < -0.39 is 36.4 Å². The number of aryl methyl sites for hydroxylation is 1. The van der Waals surface area contributed by atoms with Gasteiger partial charge in [0, 0.05) is 37.7 Å². The fourth-order valence-corrected chi connectivity index (χ4v) is 4.42. The molecule has 2 aliphatic heterocycles. The average Bonchev–Trinajstić information content (AvgIpc) is 3.22. The minimum atomic E-state index is -5.08. The van der Waals surface area contributed by atoms with E-state index in [2.05, 4.69) is 20.9 Å². The average molecular weight is 693 g/mol. The summed E-state index contributed by atoms with van der Waals surface area (Å²) in [6.45, 7) is 6.26. The summed E-state index contributed by atoms with van der Waals surface area (Å²) >= 11 is 0. The molecule has 3 N–H and O–H groups in total. The molecular formula is C27H29F9N4O7. The molecule has 0 aliphatic carbocycles. The van der Waals surface area contributed by atoms with Crippen LogP contribution in [0.15, 0.2) is 42.7 Å². The van der Waals surface area contributed by atoms with E-state index in [9.17, 15) is 44.3 Å². The van der Waals surface area contributed by atoms with Gasteiger partial charge in [-0.15, -0.1) is 0 Å². The lowest BCUT2D eigenvalue weighted by Gasteiger charge is -2.39. The molecule has 1 spiro atoms. The molecule has 2 aromatic rings. The quantitative estimate of drug-likeness (QED) is 0.383. The first-order valence-electron chi connectivity index (χ1n) is 13.2. The Morgan fingerprint density at radius 1 is 0.809 bits per heavy atom. The molecule has 2 saturated heterocycles. The van der Waals surface area contributed by atoms with Gasteiger partial charge in [-0.25, -0.2) is 14.4 Å². The highest BCUT2D eigenvalue weighted by Crippen LogP contribution is 2.41. The number of carboxylic acid groups (broad SMARTS) is 3. The van der Waals surface area contributed by atoms with Crippen molar-refractivity contribution in [3.05, 3.63) is 59.7 Å². The van der Waals surface area contributed by atoms with Gasteiger partial charge < -0.3 is 20.2 Å². The molecule has 4 rings (SSSR count). The van der Waals surface area contributed by atoms with Crippen LogP contribution < -0.4 is 0 Å². The number of aliphatic carboxylic acids is 3. The van der Waals surface area contributed by atoms with Crippen molar-refractivity contribution in [1.29, 1.82) is 0 Å². The number of carboxylic acids is 3. The molecular weight excluding hydrogens is 663 g/mol. The van der Waals surface area contributed by atoms with Crippen molar-refractivity contribution < 1.29 is 74.0 Å². The van der Waals surface area contributed by atoms with Crippen LogP contribution in [-0.2, 0) is 32.3 Å². The van der Waals surface area contributed by atoms with E-state index in [0.717, 1.165) is 56.8 Å². The van der Waals surface area contributed by atoms with Crippen molar-refractivity contribution in [2.75, 3.05) is 19.6 Å². The SMILES string of the molecule is Cc1cccc(CN2CCC3(CCCN(Cc4cccnc4)C3)C2=O)n1.O=C(O)C(F)(F)F.O=C(O)C(F)(F)F.O=C(O)C(F)(F)F. The lowest BCUT2D eigenvalue weighted by atomic mass is 9.78. The number of hydrogen-bond acceptors (Lipinski definition) is 7. The van der Waals surface area contributed by atoms with Crippen LogP contribution in [0.3, 0.4) is 0 Å². The number of piperidine rings is 1. The maximum absolute atomic E-state index is 13.2. The number of aromatic nitrogens is 2. The molecule has 262 valence electrons. The molecule has 1 unspecified atom stereocenters. The molecule has 47 heavy (non-hydrogen) atoms. The van der Waals surface area contributed by atoms with Gasteiger partial charge in [0.25, 0.3) is 0 Å². The smallest absolute Gasteiger partial charge is 0.475 e. The predicted octanol–water partition coefficient (Wildman–Crippen LogP) is 4.70. The van der Waals surface area contributed by atoms with E-state index >= 15 is 0 Å².